The Morgan fingerprint density at radius 3 is 2.24 bits per heavy atom. The van der Waals surface area contributed by atoms with Crippen LogP contribution in [0.4, 0.5) is 11.4 Å². The fourth-order valence-electron chi connectivity index (χ4n) is 3.51. The van der Waals surface area contributed by atoms with Gasteiger partial charge in [-0.1, -0.05) is 74.5 Å². The summed E-state index contributed by atoms with van der Waals surface area (Å²) in [7, 11) is 0. The van der Waals surface area contributed by atoms with Crippen LogP contribution in [0, 0.1) is 5.41 Å². The van der Waals surface area contributed by atoms with Crippen molar-refractivity contribution in [3.05, 3.63) is 96.5 Å². The lowest BCUT2D eigenvalue weighted by Gasteiger charge is -2.29. The first-order chi connectivity index (χ1) is 16.3. The number of nitrogens with one attached hydrogen (secondary N) is 1. The minimum absolute atomic E-state index is 0.0378. The maximum Gasteiger partial charge on any atom is 0.299 e. The van der Waals surface area contributed by atoms with Gasteiger partial charge in [0.15, 0.2) is 0 Å². The van der Waals surface area contributed by atoms with Crippen molar-refractivity contribution in [3.8, 4) is 11.3 Å². The molecule has 0 aliphatic carbocycles. The zero-order valence-corrected chi connectivity index (χ0v) is 19.4. The lowest BCUT2D eigenvalue weighted by molar-refractivity contribution is 0.0943. The normalized spacial score (nSPS) is 11.1. The van der Waals surface area contributed by atoms with Crippen LogP contribution in [0.15, 0.2) is 89.7 Å². The van der Waals surface area contributed by atoms with Crippen LogP contribution in [-0.4, -0.2) is 28.5 Å². The molecule has 1 N–H and O–H groups in total. The molecule has 0 saturated carbocycles. The Labute approximate surface area is 198 Å². The number of carbonyl (C=O) groups excluding carboxylic acids is 2. The van der Waals surface area contributed by atoms with Gasteiger partial charge in [0.05, 0.1) is 5.56 Å². The van der Waals surface area contributed by atoms with Gasteiger partial charge in [-0.2, -0.15) is 0 Å². The number of anilines is 2. The molecule has 7 nitrogen and oxygen atoms in total. The molecule has 0 saturated heterocycles. The molecule has 7 heteroatoms. The molecule has 0 bridgehead atoms. The first-order valence-corrected chi connectivity index (χ1v) is 11.0. The topological polar surface area (TPSA) is 88.3 Å². The van der Waals surface area contributed by atoms with E-state index in [4.69, 9.17) is 4.52 Å². The number of amides is 2. The molecule has 0 atom stereocenters. The van der Waals surface area contributed by atoms with Gasteiger partial charge in [0.25, 0.3) is 11.8 Å². The summed E-state index contributed by atoms with van der Waals surface area (Å²) in [6.45, 7) is 6.60. The summed E-state index contributed by atoms with van der Waals surface area (Å²) in [5.74, 6) is -0.842. The number of nitrogens with zero attached hydrogens (tertiary/aromatic N) is 3. The second kappa shape index (κ2) is 9.70. The number of benzene rings is 2. The first kappa shape index (κ1) is 22.9. The van der Waals surface area contributed by atoms with Gasteiger partial charge in [0.1, 0.15) is 11.4 Å². The van der Waals surface area contributed by atoms with Crippen molar-refractivity contribution in [2.24, 2.45) is 5.41 Å². The Morgan fingerprint density at radius 1 is 0.941 bits per heavy atom. The van der Waals surface area contributed by atoms with Crippen LogP contribution in [0.5, 0.6) is 0 Å². The van der Waals surface area contributed by atoms with E-state index in [0.717, 1.165) is 5.69 Å². The van der Waals surface area contributed by atoms with Crippen LogP contribution >= 0.6 is 0 Å². The Morgan fingerprint density at radius 2 is 1.62 bits per heavy atom. The molecule has 0 aliphatic rings. The Bertz CT molecular complexity index is 1260. The van der Waals surface area contributed by atoms with Crippen LogP contribution in [-0.2, 0) is 0 Å². The Hall–Kier alpha value is -4.26. The van der Waals surface area contributed by atoms with E-state index in [9.17, 15) is 9.59 Å². The van der Waals surface area contributed by atoms with E-state index in [1.807, 2.05) is 60.7 Å². The number of rotatable bonds is 6. The second-order valence-electron chi connectivity index (χ2n) is 9.08. The monoisotopic (exact) mass is 454 g/mol. The summed E-state index contributed by atoms with van der Waals surface area (Å²) in [5, 5.41) is 7.02. The van der Waals surface area contributed by atoms with Gasteiger partial charge in [0.2, 0.25) is 5.76 Å². The molecule has 0 aliphatic heterocycles. The van der Waals surface area contributed by atoms with Gasteiger partial charge >= 0.3 is 0 Å². The van der Waals surface area contributed by atoms with E-state index in [1.165, 1.54) is 6.20 Å². The van der Waals surface area contributed by atoms with E-state index in [0.29, 0.717) is 23.4 Å². The van der Waals surface area contributed by atoms with Crippen LogP contribution in [0.2, 0.25) is 0 Å². The average Bonchev–Trinajstić information content (AvgIpc) is 3.26. The number of pyridine rings is 1. The Kier molecular flexibility index (Phi) is 6.54. The van der Waals surface area contributed by atoms with Crippen LogP contribution in [0.1, 0.15) is 41.7 Å². The summed E-state index contributed by atoms with van der Waals surface area (Å²) in [5.41, 5.74) is 2.21. The summed E-state index contributed by atoms with van der Waals surface area (Å²) in [4.78, 5) is 32.5. The average molecular weight is 455 g/mol. The Balaban J connectivity index is 1.79. The third-order valence-corrected chi connectivity index (χ3v) is 5.04. The highest BCUT2D eigenvalue weighted by Gasteiger charge is 2.31. The standard InChI is InChI=1S/C27H26N4O3/c1-27(2,3)18-31(21-14-8-5-9-15-21)26(33)24-23(29-25(32)20-13-10-16-28-17-20)22(30-34-24)19-11-6-4-7-12-19/h4-17H,18H2,1-3H3,(H,29,32). The highest BCUT2D eigenvalue weighted by atomic mass is 16.5. The maximum atomic E-state index is 13.8. The van der Waals surface area contributed by atoms with E-state index in [1.54, 1.807) is 23.2 Å². The summed E-state index contributed by atoms with van der Waals surface area (Å²) < 4.78 is 5.59. The lowest BCUT2D eigenvalue weighted by atomic mass is 9.95. The van der Waals surface area contributed by atoms with Crippen molar-refractivity contribution in [2.75, 3.05) is 16.8 Å². The maximum absolute atomic E-state index is 13.8. The summed E-state index contributed by atoms with van der Waals surface area (Å²) in [6.07, 6.45) is 3.05. The smallest absolute Gasteiger partial charge is 0.299 e. The molecule has 2 amide bonds. The molecule has 4 rings (SSSR count). The van der Waals surface area contributed by atoms with Crippen molar-refractivity contribution in [3.63, 3.8) is 0 Å². The van der Waals surface area contributed by atoms with Crippen LogP contribution < -0.4 is 10.2 Å². The molecular weight excluding hydrogens is 428 g/mol. The SMILES string of the molecule is CC(C)(C)CN(C(=O)c1onc(-c2ccccc2)c1NC(=O)c1cccnc1)c1ccccc1. The number of hydrogen-bond acceptors (Lipinski definition) is 5. The minimum atomic E-state index is -0.412. The molecule has 2 aromatic carbocycles. The lowest BCUT2D eigenvalue weighted by Crippen LogP contribution is -2.38. The zero-order chi connectivity index (χ0) is 24.1. The van der Waals surface area contributed by atoms with Crippen LogP contribution in [0.25, 0.3) is 11.3 Å². The van der Waals surface area contributed by atoms with E-state index in [-0.39, 0.29) is 16.9 Å². The molecule has 172 valence electrons. The van der Waals surface area contributed by atoms with Gasteiger partial charge in [-0.05, 0) is 29.7 Å². The van der Waals surface area contributed by atoms with E-state index >= 15 is 0 Å². The molecule has 2 aromatic heterocycles. The number of para-hydroxylation sites is 1. The third-order valence-electron chi connectivity index (χ3n) is 5.04. The van der Waals surface area contributed by atoms with Crippen molar-refractivity contribution >= 4 is 23.2 Å². The molecular formula is C27H26N4O3. The quantitative estimate of drug-likeness (QED) is 0.405. The molecule has 0 spiro atoms. The molecule has 34 heavy (non-hydrogen) atoms. The zero-order valence-electron chi connectivity index (χ0n) is 19.4. The van der Waals surface area contributed by atoms with Crippen molar-refractivity contribution < 1.29 is 14.1 Å². The number of aromatic nitrogens is 2. The fraction of sp³-hybridized carbons (Fsp3) is 0.185. The van der Waals surface area contributed by atoms with Crippen LogP contribution in [0.3, 0.4) is 0 Å². The van der Waals surface area contributed by atoms with Crippen molar-refractivity contribution in [1.82, 2.24) is 10.1 Å². The van der Waals surface area contributed by atoms with Gasteiger partial charge in [-0.25, -0.2) is 0 Å². The largest absolute Gasteiger partial charge is 0.348 e. The van der Waals surface area contributed by atoms with Crippen molar-refractivity contribution in [2.45, 2.75) is 20.8 Å². The predicted molar refractivity (Wildman–Crippen MR) is 132 cm³/mol. The number of carbonyl (C=O) groups is 2. The summed E-state index contributed by atoms with van der Waals surface area (Å²) >= 11 is 0. The van der Waals surface area contributed by atoms with E-state index < -0.39 is 11.8 Å². The molecule has 0 radical (unpaired) electrons. The molecule has 0 fully saturated rings. The highest BCUT2D eigenvalue weighted by molar-refractivity contribution is 6.14. The molecule has 2 heterocycles. The first-order valence-electron chi connectivity index (χ1n) is 11.0. The fourth-order valence-corrected chi connectivity index (χ4v) is 3.51. The highest BCUT2D eigenvalue weighted by Crippen LogP contribution is 2.33. The molecule has 4 aromatic rings. The van der Waals surface area contributed by atoms with Gasteiger partial charge in [0, 0.05) is 30.2 Å². The summed E-state index contributed by atoms with van der Waals surface area (Å²) in [6, 6.07) is 22.0. The predicted octanol–water partition coefficient (Wildman–Crippen LogP) is 5.68. The van der Waals surface area contributed by atoms with Crippen molar-refractivity contribution in [1.29, 1.82) is 0 Å². The second-order valence-corrected chi connectivity index (χ2v) is 9.08. The third kappa shape index (κ3) is 5.20. The van der Waals surface area contributed by atoms with E-state index in [2.05, 4.69) is 36.2 Å². The van der Waals surface area contributed by atoms with Gasteiger partial charge in [-0.3, -0.25) is 14.6 Å². The van der Waals surface area contributed by atoms with Gasteiger partial charge in [-0.15, -0.1) is 0 Å². The number of hydrogen-bond donors (Lipinski definition) is 1. The van der Waals surface area contributed by atoms with Gasteiger partial charge < -0.3 is 14.7 Å². The minimum Gasteiger partial charge on any atom is -0.348 e. The molecule has 0 unspecified atom stereocenters.